The summed E-state index contributed by atoms with van der Waals surface area (Å²) in [5.74, 6) is 0. The molecule has 4 N–H and O–H groups in total. The van der Waals surface area contributed by atoms with E-state index in [0.29, 0.717) is 29.7 Å². The first-order valence-electron chi connectivity index (χ1n) is 7.09. The number of benzene rings is 1. The van der Waals surface area contributed by atoms with E-state index < -0.39 is 15.6 Å². The third-order valence-corrected chi connectivity index (χ3v) is 5.98. The van der Waals surface area contributed by atoms with E-state index in [1.54, 1.807) is 26.8 Å². The van der Waals surface area contributed by atoms with Gasteiger partial charge in [0, 0.05) is 17.8 Å². The molecular formula is C15H26N2O3S. The van der Waals surface area contributed by atoms with Gasteiger partial charge in [0.15, 0.2) is 0 Å². The van der Waals surface area contributed by atoms with Gasteiger partial charge in [-0.1, -0.05) is 13.0 Å². The molecule has 0 aromatic heterocycles. The number of aliphatic hydroxyl groups is 1. The van der Waals surface area contributed by atoms with Crippen molar-refractivity contribution in [2.45, 2.75) is 57.9 Å². The number of nitrogens with two attached hydrogens (primary N) is 1. The number of rotatable bonds is 6. The molecule has 0 saturated heterocycles. The molecule has 0 saturated carbocycles. The number of aryl methyl sites for hydroxylation is 2. The molecule has 0 radical (unpaired) electrons. The van der Waals surface area contributed by atoms with E-state index in [-0.39, 0.29) is 11.5 Å². The van der Waals surface area contributed by atoms with Gasteiger partial charge in [0.1, 0.15) is 0 Å². The lowest BCUT2D eigenvalue weighted by Crippen LogP contribution is -2.46. The molecule has 5 nitrogen and oxygen atoms in total. The summed E-state index contributed by atoms with van der Waals surface area (Å²) in [6.45, 7) is 8.97. The number of sulfonamides is 1. The summed E-state index contributed by atoms with van der Waals surface area (Å²) in [7, 11) is -3.69. The molecule has 1 atom stereocenters. The highest BCUT2D eigenvalue weighted by Crippen LogP contribution is 2.29. The van der Waals surface area contributed by atoms with Crippen molar-refractivity contribution in [3.05, 3.63) is 22.8 Å². The molecule has 0 amide bonds. The van der Waals surface area contributed by atoms with E-state index in [0.717, 1.165) is 5.56 Å². The second-order valence-electron chi connectivity index (χ2n) is 5.87. The Kier molecular flexibility index (Phi) is 5.41. The second kappa shape index (κ2) is 6.34. The first-order valence-corrected chi connectivity index (χ1v) is 8.57. The van der Waals surface area contributed by atoms with Gasteiger partial charge in [-0.15, -0.1) is 0 Å². The minimum atomic E-state index is -3.69. The minimum Gasteiger partial charge on any atom is -0.398 e. The van der Waals surface area contributed by atoms with Gasteiger partial charge in [-0.05, 0) is 57.2 Å². The van der Waals surface area contributed by atoms with Crippen LogP contribution in [0.1, 0.15) is 43.4 Å². The Labute approximate surface area is 127 Å². The molecule has 21 heavy (non-hydrogen) atoms. The molecule has 120 valence electrons. The molecule has 1 aromatic rings. The Hall–Kier alpha value is -1.11. The van der Waals surface area contributed by atoms with Crippen molar-refractivity contribution in [3.8, 4) is 0 Å². The lowest BCUT2D eigenvalue weighted by atomic mass is 9.97. The zero-order valence-electron chi connectivity index (χ0n) is 13.4. The van der Waals surface area contributed by atoms with Crippen LogP contribution in [0.3, 0.4) is 0 Å². The summed E-state index contributed by atoms with van der Waals surface area (Å²) >= 11 is 0. The molecule has 1 aromatic carbocycles. The second-order valence-corrected chi connectivity index (χ2v) is 7.49. The van der Waals surface area contributed by atoms with E-state index in [9.17, 15) is 8.42 Å². The predicted octanol–water partition coefficient (Wildman–Crippen LogP) is 2.02. The van der Waals surface area contributed by atoms with Gasteiger partial charge in [-0.2, -0.15) is 0 Å². The van der Waals surface area contributed by atoms with Gasteiger partial charge in [0.2, 0.25) is 10.0 Å². The number of aliphatic hydroxyl groups excluding tert-OH is 1. The van der Waals surface area contributed by atoms with Crippen LogP contribution in [0.2, 0.25) is 0 Å². The predicted molar refractivity (Wildman–Crippen MR) is 85.8 cm³/mol. The fraction of sp³-hybridized carbons (Fsp3) is 0.600. The standard InChI is InChI=1S/C15H26N2O3S/c1-6-15(5,7-8-18)17-21(19,20)14-11(3)9-10(2)13(16)12(14)4/h9,17-18H,6-8,16H2,1-5H3. The number of hydrogen-bond donors (Lipinski definition) is 3. The van der Waals surface area contributed by atoms with E-state index in [1.165, 1.54) is 0 Å². The van der Waals surface area contributed by atoms with E-state index >= 15 is 0 Å². The van der Waals surface area contributed by atoms with Crippen LogP contribution in [-0.2, 0) is 10.0 Å². The van der Waals surface area contributed by atoms with Crippen LogP contribution in [0, 0.1) is 20.8 Å². The fourth-order valence-electron chi connectivity index (χ4n) is 2.52. The summed E-state index contributed by atoms with van der Waals surface area (Å²) in [6.07, 6.45) is 0.953. The minimum absolute atomic E-state index is 0.0686. The smallest absolute Gasteiger partial charge is 0.241 e. The quantitative estimate of drug-likeness (QED) is 0.700. The molecule has 6 heteroatoms. The first-order chi connectivity index (χ1) is 9.58. The van der Waals surface area contributed by atoms with Gasteiger partial charge in [-0.25, -0.2) is 13.1 Å². The molecule has 0 aliphatic rings. The molecule has 0 aliphatic heterocycles. The van der Waals surface area contributed by atoms with Crippen molar-refractivity contribution in [1.82, 2.24) is 4.72 Å². The molecular weight excluding hydrogens is 288 g/mol. The maximum atomic E-state index is 12.7. The highest BCUT2D eigenvalue weighted by molar-refractivity contribution is 7.89. The van der Waals surface area contributed by atoms with Crippen molar-refractivity contribution in [1.29, 1.82) is 0 Å². The maximum absolute atomic E-state index is 12.7. The Balaban J connectivity index is 3.36. The average Bonchev–Trinajstić information content (AvgIpc) is 2.35. The molecule has 1 unspecified atom stereocenters. The van der Waals surface area contributed by atoms with Gasteiger partial charge in [0.05, 0.1) is 4.90 Å². The monoisotopic (exact) mass is 314 g/mol. The van der Waals surface area contributed by atoms with Crippen LogP contribution >= 0.6 is 0 Å². The normalized spacial score (nSPS) is 15.0. The van der Waals surface area contributed by atoms with Crippen molar-refractivity contribution >= 4 is 15.7 Å². The third-order valence-electron chi connectivity index (χ3n) is 4.05. The lowest BCUT2D eigenvalue weighted by Gasteiger charge is -2.29. The summed E-state index contributed by atoms with van der Waals surface area (Å²) in [4.78, 5) is 0.239. The number of hydrogen-bond acceptors (Lipinski definition) is 4. The number of nitrogens with one attached hydrogen (secondary N) is 1. The molecule has 0 fully saturated rings. The topological polar surface area (TPSA) is 92.4 Å². The molecule has 0 heterocycles. The maximum Gasteiger partial charge on any atom is 0.241 e. The molecule has 1 rings (SSSR count). The van der Waals surface area contributed by atoms with Crippen molar-refractivity contribution in [2.75, 3.05) is 12.3 Å². The van der Waals surface area contributed by atoms with Crippen LogP contribution in [0.15, 0.2) is 11.0 Å². The zero-order chi connectivity index (χ0) is 16.4. The summed E-state index contributed by atoms with van der Waals surface area (Å²) in [6, 6.07) is 1.78. The van der Waals surface area contributed by atoms with Crippen LogP contribution < -0.4 is 10.5 Å². The number of nitrogen functional groups attached to an aromatic ring is 1. The zero-order valence-corrected chi connectivity index (χ0v) is 14.3. The van der Waals surface area contributed by atoms with E-state index in [1.807, 2.05) is 13.8 Å². The van der Waals surface area contributed by atoms with Crippen molar-refractivity contribution in [3.63, 3.8) is 0 Å². The van der Waals surface area contributed by atoms with E-state index in [2.05, 4.69) is 4.72 Å². The van der Waals surface area contributed by atoms with Gasteiger partial charge < -0.3 is 10.8 Å². The Morgan fingerprint density at radius 2 is 1.86 bits per heavy atom. The van der Waals surface area contributed by atoms with Crippen LogP contribution in [0.25, 0.3) is 0 Å². The Bertz CT molecular complexity index is 626. The third kappa shape index (κ3) is 3.75. The number of anilines is 1. The van der Waals surface area contributed by atoms with Crippen molar-refractivity contribution in [2.24, 2.45) is 0 Å². The SMILES string of the molecule is CCC(C)(CCO)NS(=O)(=O)c1c(C)cc(C)c(N)c1C. The van der Waals surface area contributed by atoms with Crippen molar-refractivity contribution < 1.29 is 13.5 Å². The average molecular weight is 314 g/mol. The Morgan fingerprint density at radius 1 is 1.29 bits per heavy atom. The summed E-state index contributed by atoms with van der Waals surface area (Å²) in [5.41, 5.74) is 7.92. The van der Waals surface area contributed by atoms with E-state index in [4.69, 9.17) is 10.8 Å². The van der Waals surface area contributed by atoms with Crippen LogP contribution in [0.4, 0.5) is 5.69 Å². The fourth-order valence-corrected chi connectivity index (χ4v) is 4.51. The summed E-state index contributed by atoms with van der Waals surface area (Å²) < 4.78 is 28.2. The largest absolute Gasteiger partial charge is 0.398 e. The van der Waals surface area contributed by atoms with Crippen LogP contribution in [0.5, 0.6) is 0 Å². The summed E-state index contributed by atoms with van der Waals surface area (Å²) in [5, 5.41) is 9.14. The Morgan fingerprint density at radius 3 is 2.33 bits per heavy atom. The molecule has 0 bridgehead atoms. The lowest BCUT2D eigenvalue weighted by molar-refractivity contribution is 0.233. The highest BCUT2D eigenvalue weighted by atomic mass is 32.2. The van der Waals surface area contributed by atoms with Gasteiger partial charge >= 0.3 is 0 Å². The van der Waals surface area contributed by atoms with Gasteiger partial charge in [-0.3, -0.25) is 0 Å². The first kappa shape index (κ1) is 17.9. The van der Waals surface area contributed by atoms with Crippen LogP contribution in [-0.4, -0.2) is 25.7 Å². The molecule has 0 aliphatic carbocycles. The van der Waals surface area contributed by atoms with Gasteiger partial charge in [0.25, 0.3) is 0 Å². The highest BCUT2D eigenvalue weighted by Gasteiger charge is 2.31. The molecule has 0 spiro atoms.